The van der Waals surface area contributed by atoms with Crippen LogP contribution in [0.25, 0.3) is 10.2 Å². The third-order valence-electron chi connectivity index (χ3n) is 4.63. The van der Waals surface area contributed by atoms with Crippen LogP contribution in [0.4, 0.5) is 18.7 Å². The molecule has 1 aliphatic heterocycles. The first-order chi connectivity index (χ1) is 14.5. The van der Waals surface area contributed by atoms with Gasteiger partial charge in [-0.2, -0.15) is 0 Å². The number of fused-ring (bicyclic) bond motifs is 1. The first-order valence-electron chi connectivity index (χ1n) is 9.26. The van der Waals surface area contributed by atoms with Gasteiger partial charge in [0.2, 0.25) is 5.91 Å². The molecule has 2 amide bonds. The van der Waals surface area contributed by atoms with Crippen molar-refractivity contribution >= 4 is 38.7 Å². The molecule has 0 aliphatic carbocycles. The Morgan fingerprint density at radius 3 is 2.87 bits per heavy atom. The van der Waals surface area contributed by atoms with Crippen molar-refractivity contribution in [3.05, 3.63) is 59.7 Å². The lowest BCUT2D eigenvalue weighted by molar-refractivity contribution is -0.121. The summed E-state index contributed by atoms with van der Waals surface area (Å²) in [6, 6.07) is 10.3. The molecule has 2 heterocycles. The molecule has 0 bridgehead atoms. The Kier molecular flexibility index (Phi) is 5.86. The van der Waals surface area contributed by atoms with Crippen molar-refractivity contribution in [2.45, 2.75) is 12.6 Å². The SMILES string of the molecule is O=C(Nc1nc2c(F)cc(F)cc2s1)C1CNCCN1C(=O)OCc1ccccc1. The Bertz CT molecular complexity index is 1080. The normalized spacial score (nSPS) is 16.5. The summed E-state index contributed by atoms with van der Waals surface area (Å²) < 4.78 is 32.9. The zero-order valence-electron chi connectivity index (χ0n) is 15.7. The van der Waals surface area contributed by atoms with E-state index in [1.807, 2.05) is 30.3 Å². The largest absolute Gasteiger partial charge is 0.445 e. The summed E-state index contributed by atoms with van der Waals surface area (Å²) in [6.07, 6.45) is -0.599. The van der Waals surface area contributed by atoms with Crippen molar-refractivity contribution in [1.82, 2.24) is 15.2 Å². The molecule has 0 radical (unpaired) electrons. The first kappa shape index (κ1) is 20.2. The number of nitrogens with zero attached hydrogens (tertiary/aromatic N) is 2. The van der Waals surface area contributed by atoms with E-state index in [9.17, 15) is 18.4 Å². The molecule has 0 spiro atoms. The molecule has 3 aromatic rings. The van der Waals surface area contributed by atoms with Crippen LogP contribution in [0.3, 0.4) is 0 Å². The number of thiazole rings is 1. The quantitative estimate of drug-likeness (QED) is 0.662. The van der Waals surface area contributed by atoms with E-state index in [1.54, 1.807) is 0 Å². The average molecular weight is 432 g/mol. The lowest BCUT2D eigenvalue weighted by Crippen LogP contribution is -2.58. The van der Waals surface area contributed by atoms with E-state index in [4.69, 9.17) is 4.74 Å². The van der Waals surface area contributed by atoms with Gasteiger partial charge in [0.05, 0.1) is 4.70 Å². The number of carbonyl (C=O) groups is 2. The van der Waals surface area contributed by atoms with Crippen molar-refractivity contribution in [3.63, 3.8) is 0 Å². The summed E-state index contributed by atoms with van der Waals surface area (Å²) in [4.78, 5) is 30.7. The summed E-state index contributed by atoms with van der Waals surface area (Å²) in [5.41, 5.74) is 0.823. The highest BCUT2D eigenvalue weighted by Gasteiger charge is 2.33. The minimum absolute atomic E-state index is 0.0161. The monoisotopic (exact) mass is 432 g/mol. The van der Waals surface area contributed by atoms with Crippen LogP contribution in [0.2, 0.25) is 0 Å². The van der Waals surface area contributed by atoms with Gasteiger partial charge in [-0.25, -0.2) is 18.6 Å². The number of rotatable bonds is 4. The number of ether oxygens (including phenoxy) is 1. The molecular formula is C20H18F2N4O3S. The summed E-state index contributed by atoms with van der Waals surface area (Å²) in [6.45, 7) is 1.15. The van der Waals surface area contributed by atoms with Crippen LogP contribution in [-0.2, 0) is 16.1 Å². The molecule has 1 atom stereocenters. The number of benzene rings is 2. The Balaban J connectivity index is 1.45. The van der Waals surface area contributed by atoms with E-state index in [-0.39, 0.29) is 28.5 Å². The number of hydrogen-bond donors (Lipinski definition) is 2. The standard InChI is InChI=1S/C20H18F2N4O3S/c21-13-8-14(22)17-16(9-13)30-19(24-17)25-18(27)15-10-23-6-7-26(15)20(28)29-11-12-4-2-1-3-5-12/h1-5,8-9,15,23H,6-7,10-11H2,(H,24,25,27). The third-order valence-corrected chi connectivity index (χ3v) is 5.55. The number of amides is 2. The molecule has 156 valence electrons. The van der Waals surface area contributed by atoms with Gasteiger partial charge in [-0.15, -0.1) is 0 Å². The van der Waals surface area contributed by atoms with E-state index in [1.165, 1.54) is 4.90 Å². The van der Waals surface area contributed by atoms with Crippen molar-refractivity contribution in [2.75, 3.05) is 25.0 Å². The maximum Gasteiger partial charge on any atom is 0.410 e. The average Bonchev–Trinajstić information content (AvgIpc) is 3.15. The molecule has 0 saturated carbocycles. The Morgan fingerprint density at radius 2 is 2.07 bits per heavy atom. The molecule has 1 aliphatic rings. The van der Waals surface area contributed by atoms with Crippen LogP contribution >= 0.6 is 11.3 Å². The number of piperazine rings is 1. The number of hydrogen-bond acceptors (Lipinski definition) is 6. The maximum atomic E-state index is 13.9. The molecule has 1 saturated heterocycles. The highest BCUT2D eigenvalue weighted by molar-refractivity contribution is 7.22. The highest BCUT2D eigenvalue weighted by Crippen LogP contribution is 2.29. The molecule has 1 unspecified atom stereocenters. The van der Waals surface area contributed by atoms with Gasteiger partial charge in [0, 0.05) is 25.7 Å². The van der Waals surface area contributed by atoms with E-state index in [0.29, 0.717) is 13.1 Å². The Labute approximate surface area is 174 Å². The van der Waals surface area contributed by atoms with Gasteiger partial charge < -0.3 is 15.4 Å². The number of aromatic nitrogens is 1. The number of anilines is 1. The summed E-state index contributed by atoms with van der Waals surface area (Å²) in [5, 5.41) is 5.79. The van der Waals surface area contributed by atoms with Gasteiger partial charge >= 0.3 is 6.09 Å². The predicted octanol–water partition coefficient (Wildman–Crippen LogP) is 3.12. The van der Waals surface area contributed by atoms with Crippen LogP contribution in [0, 0.1) is 11.6 Å². The Hall–Kier alpha value is -3.11. The van der Waals surface area contributed by atoms with Crippen molar-refractivity contribution < 1.29 is 23.1 Å². The molecule has 2 aromatic carbocycles. The second kappa shape index (κ2) is 8.72. The molecular weight excluding hydrogens is 414 g/mol. The van der Waals surface area contributed by atoms with E-state index in [0.717, 1.165) is 29.0 Å². The fraction of sp³-hybridized carbons (Fsp3) is 0.250. The van der Waals surface area contributed by atoms with Gasteiger partial charge in [-0.05, 0) is 11.6 Å². The van der Waals surface area contributed by atoms with Gasteiger partial charge in [0.15, 0.2) is 10.9 Å². The maximum absolute atomic E-state index is 13.9. The molecule has 2 N–H and O–H groups in total. The van der Waals surface area contributed by atoms with Crippen molar-refractivity contribution in [1.29, 1.82) is 0 Å². The number of halogens is 2. The number of carbonyl (C=O) groups excluding carboxylic acids is 2. The predicted molar refractivity (Wildman–Crippen MR) is 108 cm³/mol. The second-order valence-electron chi connectivity index (χ2n) is 6.70. The molecule has 30 heavy (non-hydrogen) atoms. The van der Waals surface area contributed by atoms with E-state index in [2.05, 4.69) is 15.6 Å². The van der Waals surface area contributed by atoms with E-state index >= 15 is 0 Å². The van der Waals surface area contributed by atoms with Gasteiger partial charge in [0.1, 0.15) is 24.0 Å². The summed E-state index contributed by atoms with van der Waals surface area (Å²) in [5.74, 6) is -2.00. The zero-order chi connectivity index (χ0) is 21.1. The number of nitrogens with one attached hydrogen (secondary N) is 2. The lowest BCUT2D eigenvalue weighted by Gasteiger charge is -2.34. The minimum atomic E-state index is -0.824. The molecule has 7 nitrogen and oxygen atoms in total. The van der Waals surface area contributed by atoms with Crippen molar-refractivity contribution in [3.8, 4) is 0 Å². The fourth-order valence-corrected chi connectivity index (χ4v) is 4.07. The van der Waals surface area contributed by atoms with E-state index < -0.39 is 29.7 Å². The first-order valence-corrected chi connectivity index (χ1v) is 10.1. The van der Waals surface area contributed by atoms with Crippen LogP contribution in [0.15, 0.2) is 42.5 Å². The molecule has 1 aromatic heterocycles. The van der Waals surface area contributed by atoms with Gasteiger partial charge in [-0.1, -0.05) is 41.7 Å². The minimum Gasteiger partial charge on any atom is -0.445 e. The summed E-state index contributed by atoms with van der Waals surface area (Å²) >= 11 is 0.957. The topological polar surface area (TPSA) is 83.6 Å². The van der Waals surface area contributed by atoms with Gasteiger partial charge in [-0.3, -0.25) is 9.69 Å². The molecule has 1 fully saturated rings. The van der Waals surface area contributed by atoms with Crippen LogP contribution in [0.5, 0.6) is 0 Å². The molecule has 4 rings (SSSR count). The van der Waals surface area contributed by atoms with Gasteiger partial charge in [0.25, 0.3) is 0 Å². The smallest absolute Gasteiger partial charge is 0.410 e. The fourth-order valence-electron chi connectivity index (χ4n) is 3.16. The second-order valence-corrected chi connectivity index (χ2v) is 7.73. The van der Waals surface area contributed by atoms with Crippen LogP contribution in [-0.4, -0.2) is 47.6 Å². The van der Waals surface area contributed by atoms with Crippen LogP contribution in [0.1, 0.15) is 5.56 Å². The highest BCUT2D eigenvalue weighted by atomic mass is 32.1. The summed E-state index contributed by atoms with van der Waals surface area (Å²) in [7, 11) is 0. The van der Waals surface area contributed by atoms with Crippen molar-refractivity contribution in [2.24, 2.45) is 0 Å². The zero-order valence-corrected chi connectivity index (χ0v) is 16.5. The third kappa shape index (κ3) is 4.39. The molecule has 10 heteroatoms. The Morgan fingerprint density at radius 1 is 1.27 bits per heavy atom. The lowest BCUT2D eigenvalue weighted by atomic mass is 10.2. The van der Waals surface area contributed by atoms with Crippen LogP contribution < -0.4 is 10.6 Å².